The van der Waals surface area contributed by atoms with Crippen molar-refractivity contribution in [3.05, 3.63) is 0 Å². The fourth-order valence-electron chi connectivity index (χ4n) is 2.79. The molecule has 0 aliphatic carbocycles. The van der Waals surface area contributed by atoms with Crippen molar-refractivity contribution in [3.8, 4) is 0 Å². The molecule has 0 radical (unpaired) electrons. The van der Waals surface area contributed by atoms with Gasteiger partial charge < -0.3 is 10.2 Å². The van der Waals surface area contributed by atoms with Crippen molar-refractivity contribution in [2.45, 2.75) is 57.9 Å². The maximum Gasteiger partial charge on any atom is 0.321 e. The van der Waals surface area contributed by atoms with E-state index in [1.165, 1.54) is 25.7 Å². The molecule has 0 saturated carbocycles. The fraction of sp³-hybridized carbons (Fsp3) is 0.857. The number of carboxylic acid groups (broad SMARTS) is 2. The van der Waals surface area contributed by atoms with E-state index in [2.05, 4.69) is 6.92 Å². The van der Waals surface area contributed by atoms with Crippen LogP contribution in [0.2, 0.25) is 0 Å². The lowest BCUT2D eigenvalue weighted by molar-refractivity contribution is -0.152. The van der Waals surface area contributed by atoms with E-state index in [1.54, 1.807) is 0 Å². The molecule has 0 aromatic heterocycles. The van der Waals surface area contributed by atoms with Crippen LogP contribution in [0.3, 0.4) is 0 Å². The fourth-order valence-corrected chi connectivity index (χ4v) is 2.79. The van der Waals surface area contributed by atoms with E-state index >= 15 is 0 Å². The summed E-state index contributed by atoms with van der Waals surface area (Å²) in [7, 11) is 0. The summed E-state index contributed by atoms with van der Waals surface area (Å²) < 4.78 is 0. The summed E-state index contributed by atoms with van der Waals surface area (Å²) in [5.74, 6) is -2.74. The lowest BCUT2D eigenvalue weighted by atomic mass is 10.0. The molecule has 19 heavy (non-hydrogen) atoms. The van der Waals surface area contributed by atoms with E-state index < -0.39 is 23.9 Å². The Hall–Kier alpha value is -1.10. The summed E-state index contributed by atoms with van der Waals surface area (Å²) in [5.41, 5.74) is 0. The monoisotopic (exact) mass is 271 g/mol. The van der Waals surface area contributed by atoms with Crippen LogP contribution in [0.4, 0.5) is 0 Å². The third kappa shape index (κ3) is 4.82. The van der Waals surface area contributed by atoms with Crippen LogP contribution < -0.4 is 0 Å². The number of likely N-dealkylation sites (tertiary alicyclic amines) is 1. The molecule has 0 aromatic carbocycles. The van der Waals surface area contributed by atoms with Gasteiger partial charge in [0.15, 0.2) is 0 Å². The van der Waals surface area contributed by atoms with Gasteiger partial charge in [0, 0.05) is 0 Å². The Balaban J connectivity index is 2.32. The number of aliphatic carboxylic acids is 2. The van der Waals surface area contributed by atoms with Gasteiger partial charge in [-0.25, -0.2) is 0 Å². The van der Waals surface area contributed by atoms with Crippen molar-refractivity contribution in [1.29, 1.82) is 0 Å². The van der Waals surface area contributed by atoms with Gasteiger partial charge in [-0.15, -0.1) is 0 Å². The lowest BCUT2D eigenvalue weighted by Gasteiger charge is -2.22. The first-order chi connectivity index (χ1) is 9.07. The predicted molar refractivity (Wildman–Crippen MR) is 72.1 cm³/mol. The summed E-state index contributed by atoms with van der Waals surface area (Å²) in [4.78, 5) is 24.0. The molecular formula is C14H25NO4. The highest BCUT2D eigenvalue weighted by Crippen LogP contribution is 2.25. The predicted octanol–water partition coefficient (Wildman–Crippen LogP) is 2.21. The van der Waals surface area contributed by atoms with E-state index in [-0.39, 0.29) is 0 Å². The minimum atomic E-state index is -1.00. The maximum atomic E-state index is 11.2. The number of hydrogen-bond donors (Lipinski definition) is 2. The summed E-state index contributed by atoms with van der Waals surface area (Å²) in [5, 5.41) is 18.2. The second-order valence-electron chi connectivity index (χ2n) is 5.32. The number of rotatable bonds is 9. The first kappa shape index (κ1) is 16.0. The van der Waals surface area contributed by atoms with Crippen molar-refractivity contribution in [1.82, 2.24) is 4.90 Å². The highest BCUT2D eigenvalue weighted by atomic mass is 16.4. The van der Waals surface area contributed by atoms with Gasteiger partial charge >= 0.3 is 11.9 Å². The molecule has 1 rings (SSSR count). The minimum Gasteiger partial charge on any atom is -0.481 e. The zero-order valence-electron chi connectivity index (χ0n) is 11.7. The average molecular weight is 271 g/mol. The van der Waals surface area contributed by atoms with Crippen LogP contribution in [0.5, 0.6) is 0 Å². The largest absolute Gasteiger partial charge is 0.481 e. The SMILES string of the molecule is CCCCCCCCN1CCC(C(=O)O)C1C(=O)O. The third-order valence-corrected chi connectivity index (χ3v) is 3.87. The summed E-state index contributed by atoms with van der Waals surface area (Å²) in [6.45, 7) is 3.46. The molecule has 0 aromatic rings. The average Bonchev–Trinajstić information content (AvgIpc) is 2.77. The van der Waals surface area contributed by atoms with Gasteiger partial charge in [0.25, 0.3) is 0 Å². The van der Waals surface area contributed by atoms with Crippen LogP contribution in [0.25, 0.3) is 0 Å². The van der Waals surface area contributed by atoms with Crippen molar-refractivity contribution < 1.29 is 19.8 Å². The summed E-state index contributed by atoms with van der Waals surface area (Å²) in [6.07, 6.45) is 7.39. The van der Waals surface area contributed by atoms with E-state index in [0.29, 0.717) is 19.5 Å². The van der Waals surface area contributed by atoms with Crippen LogP contribution in [-0.4, -0.2) is 46.2 Å². The van der Waals surface area contributed by atoms with Crippen LogP contribution in [-0.2, 0) is 9.59 Å². The van der Waals surface area contributed by atoms with Gasteiger partial charge in [0.05, 0.1) is 5.92 Å². The number of unbranched alkanes of at least 4 members (excludes halogenated alkanes) is 5. The second-order valence-corrected chi connectivity index (χ2v) is 5.32. The van der Waals surface area contributed by atoms with E-state index in [0.717, 1.165) is 12.8 Å². The Bertz CT molecular complexity index is 306. The van der Waals surface area contributed by atoms with E-state index in [9.17, 15) is 14.7 Å². The molecule has 1 heterocycles. The van der Waals surface area contributed by atoms with Crippen LogP contribution >= 0.6 is 0 Å². The minimum absolute atomic E-state index is 0.447. The summed E-state index contributed by atoms with van der Waals surface area (Å²) >= 11 is 0. The van der Waals surface area contributed by atoms with E-state index in [4.69, 9.17) is 5.11 Å². The van der Waals surface area contributed by atoms with Crippen molar-refractivity contribution in [2.24, 2.45) is 5.92 Å². The third-order valence-electron chi connectivity index (χ3n) is 3.87. The molecule has 110 valence electrons. The molecule has 2 unspecified atom stereocenters. The van der Waals surface area contributed by atoms with Gasteiger partial charge in [0.1, 0.15) is 6.04 Å². The van der Waals surface area contributed by atoms with Gasteiger partial charge in [-0.05, 0) is 25.9 Å². The number of hydrogen-bond acceptors (Lipinski definition) is 3. The molecule has 1 fully saturated rings. The molecule has 2 atom stereocenters. The highest BCUT2D eigenvalue weighted by Gasteiger charge is 2.42. The van der Waals surface area contributed by atoms with Gasteiger partial charge in [0.2, 0.25) is 0 Å². The Morgan fingerprint density at radius 2 is 1.68 bits per heavy atom. The van der Waals surface area contributed by atoms with Gasteiger partial charge in [-0.2, -0.15) is 0 Å². The molecule has 5 nitrogen and oxygen atoms in total. The first-order valence-electron chi connectivity index (χ1n) is 7.27. The molecule has 5 heteroatoms. The Labute approximate surface area is 114 Å². The molecule has 2 N–H and O–H groups in total. The van der Waals surface area contributed by atoms with Crippen molar-refractivity contribution >= 4 is 11.9 Å². The standard InChI is InChI=1S/C14H25NO4/c1-2-3-4-5-6-7-9-15-10-8-11(13(16)17)12(15)14(18)19/h11-12H,2-10H2,1H3,(H,16,17)(H,18,19). The van der Waals surface area contributed by atoms with E-state index in [1.807, 2.05) is 4.90 Å². The molecule has 1 saturated heterocycles. The topological polar surface area (TPSA) is 77.8 Å². The second kappa shape index (κ2) is 8.15. The Morgan fingerprint density at radius 1 is 1.05 bits per heavy atom. The van der Waals surface area contributed by atoms with Crippen LogP contribution in [0.1, 0.15) is 51.9 Å². The summed E-state index contributed by atoms with van der Waals surface area (Å²) in [6, 6.07) is -0.840. The normalized spacial score (nSPS) is 23.6. The van der Waals surface area contributed by atoms with Gasteiger partial charge in [-0.1, -0.05) is 39.0 Å². The lowest BCUT2D eigenvalue weighted by Crippen LogP contribution is -2.42. The smallest absolute Gasteiger partial charge is 0.321 e. The van der Waals surface area contributed by atoms with Crippen molar-refractivity contribution in [2.75, 3.05) is 13.1 Å². The molecule has 0 amide bonds. The van der Waals surface area contributed by atoms with Crippen LogP contribution in [0.15, 0.2) is 0 Å². The zero-order chi connectivity index (χ0) is 14.3. The Morgan fingerprint density at radius 3 is 2.26 bits per heavy atom. The van der Waals surface area contributed by atoms with Gasteiger partial charge in [-0.3, -0.25) is 14.5 Å². The zero-order valence-corrected chi connectivity index (χ0v) is 11.7. The Kier molecular flexibility index (Phi) is 6.84. The van der Waals surface area contributed by atoms with Crippen molar-refractivity contribution in [3.63, 3.8) is 0 Å². The highest BCUT2D eigenvalue weighted by molar-refractivity contribution is 5.83. The van der Waals surface area contributed by atoms with Crippen LogP contribution in [0, 0.1) is 5.92 Å². The molecular weight excluding hydrogens is 246 g/mol. The maximum absolute atomic E-state index is 11.2. The molecule has 1 aliphatic heterocycles. The first-order valence-corrected chi connectivity index (χ1v) is 7.27. The molecule has 0 spiro atoms. The number of carboxylic acids is 2. The number of carbonyl (C=O) groups is 2. The number of nitrogens with zero attached hydrogens (tertiary/aromatic N) is 1. The quantitative estimate of drug-likeness (QED) is 0.629. The molecule has 1 aliphatic rings. The molecule has 0 bridgehead atoms.